The van der Waals surface area contributed by atoms with Gasteiger partial charge in [0.05, 0.1) is 17.5 Å². The number of benzene rings is 1. The largest absolute Gasteiger partial charge is 0.473 e. The molecule has 4 rings (SSSR count). The summed E-state index contributed by atoms with van der Waals surface area (Å²) in [5.74, 6) is -0.402. The molecule has 1 N–H and O–H groups in total. The molecule has 3 aliphatic rings. The van der Waals surface area contributed by atoms with Crippen LogP contribution in [0.4, 0.5) is 13.2 Å². The van der Waals surface area contributed by atoms with Gasteiger partial charge in [0.2, 0.25) is 5.91 Å². The molecule has 1 aromatic carbocycles. The highest BCUT2D eigenvalue weighted by molar-refractivity contribution is 5.84. The molecule has 188 valence electrons. The number of fused-ring (bicyclic) bond motifs is 1. The first-order chi connectivity index (χ1) is 16.1. The van der Waals surface area contributed by atoms with Crippen LogP contribution in [0, 0.1) is 5.41 Å². The topological polar surface area (TPSA) is 77.1 Å². The molecule has 0 unspecified atom stereocenters. The average Bonchev–Trinajstić information content (AvgIpc) is 3.22. The summed E-state index contributed by atoms with van der Waals surface area (Å²) in [4.78, 5) is 27.0. The van der Waals surface area contributed by atoms with Gasteiger partial charge in [-0.3, -0.25) is 9.59 Å². The van der Waals surface area contributed by atoms with Gasteiger partial charge in [-0.2, -0.15) is 13.2 Å². The maximum atomic E-state index is 13.9. The molecule has 1 amide bonds. The number of nitrogens with zero attached hydrogens (tertiary/aromatic N) is 1. The third-order valence-electron chi connectivity index (χ3n) is 7.20. The highest BCUT2D eigenvalue weighted by Gasteiger charge is 2.53. The van der Waals surface area contributed by atoms with Crippen LogP contribution in [0.3, 0.4) is 0 Å². The van der Waals surface area contributed by atoms with Gasteiger partial charge in [0.15, 0.2) is 6.73 Å². The van der Waals surface area contributed by atoms with Crippen LogP contribution in [0.1, 0.15) is 57.1 Å². The molecule has 10 heteroatoms. The third-order valence-corrected chi connectivity index (χ3v) is 7.20. The number of hydrogen-bond donors (Lipinski definition) is 1. The van der Waals surface area contributed by atoms with E-state index in [-0.39, 0.29) is 25.2 Å². The van der Waals surface area contributed by atoms with Crippen LogP contribution in [0.2, 0.25) is 0 Å². The predicted octanol–water partition coefficient (Wildman–Crippen LogP) is 3.64. The quantitative estimate of drug-likeness (QED) is 0.643. The second kappa shape index (κ2) is 9.73. The Balaban J connectivity index is 1.54. The third kappa shape index (κ3) is 5.17. The lowest BCUT2D eigenvalue weighted by Crippen LogP contribution is -2.52. The lowest BCUT2D eigenvalue weighted by molar-refractivity contribution is -0.164. The molecule has 2 heterocycles. The number of ether oxygens (including phenoxy) is 3. The second-order valence-corrected chi connectivity index (χ2v) is 9.50. The molecule has 7 nitrogen and oxygen atoms in total. The molecule has 3 atom stereocenters. The molecule has 1 aliphatic carbocycles. The van der Waals surface area contributed by atoms with E-state index in [0.29, 0.717) is 43.4 Å². The number of carbonyl (C=O) groups is 2. The molecule has 0 aromatic heterocycles. The van der Waals surface area contributed by atoms with Gasteiger partial charge in [-0.1, -0.05) is 0 Å². The summed E-state index contributed by atoms with van der Waals surface area (Å²) in [6.45, 7) is 4.36. The van der Waals surface area contributed by atoms with Gasteiger partial charge in [-0.25, -0.2) is 0 Å². The van der Waals surface area contributed by atoms with Crippen LogP contribution in [0.5, 0.6) is 5.75 Å². The summed E-state index contributed by atoms with van der Waals surface area (Å²) in [5, 5.41) is 3.63. The van der Waals surface area contributed by atoms with E-state index < -0.39 is 29.2 Å². The fourth-order valence-corrected chi connectivity index (χ4v) is 5.38. The van der Waals surface area contributed by atoms with Crippen molar-refractivity contribution in [3.05, 3.63) is 29.3 Å². The van der Waals surface area contributed by atoms with E-state index in [4.69, 9.17) is 14.2 Å². The zero-order valence-corrected chi connectivity index (χ0v) is 19.5. The summed E-state index contributed by atoms with van der Waals surface area (Å²) in [5.41, 5.74) is -1.45. The van der Waals surface area contributed by atoms with E-state index in [0.717, 1.165) is 31.4 Å². The van der Waals surface area contributed by atoms with Crippen molar-refractivity contribution < 1.29 is 37.0 Å². The molecule has 34 heavy (non-hydrogen) atoms. The van der Waals surface area contributed by atoms with Crippen molar-refractivity contribution in [2.24, 2.45) is 5.41 Å². The van der Waals surface area contributed by atoms with E-state index in [1.54, 1.807) is 6.92 Å². The molecule has 0 radical (unpaired) electrons. The monoisotopic (exact) mass is 484 g/mol. The summed E-state index contributed by atoms with van der Waals surface area (Å²) < 4.78 is 56.2. The Labute approximate surface area is 196 Å². The van der Waals surface area contributed by atoms with Gasteiger partial charge in [-0.05, 0) is 57.2 Å². The highest BCUT2D eigenvalue weighted by atomic mass is 19.4. The Bertz CT molecular complexity index is 918. The Morgan fingerprint density at radius 3 is 2.62 bits per heavy atom. The standard InChI is InChI=1S/C24H31F3N2O5/c1-15(34-16(2)30)23(8-5-20(12-23)28-19-6-9-32-10-7-19)22(31)29-13-17-11-18(24(25,26)27)3-4-21(17)33-14-29/h3-4,11,15,19-20,28H,5-10,12-14H2,1-2H3/t15-,20+,23-/m0/s1. The molecule has 0 spiro atoms. The first-order valence-corrected chi connectivity index (χ1v) is 11.7. The predicted molar refractivity (Wildman–Crippen MR) is 116 cm³/mol. The van der Waals surface area contributed by atoms with Crippen molar-refractivity contribution in [3.8, 4) is 5.75 Å². The van der Waals surface area contributed by atoms with Gasteiger partial charge in [-0.15, -0.1) is 0 Å². The van der Waals surface area contributed by atoms with E-state index in [9.17, 15) is 22.8 Å². The zero-order valence-electron chi connectivity index (χ0n) is 19.5. The molecule has 2 fully saturated rings. The number of halogens is 3. The van der Waals surface area contributed by atoms with Crippen molar-refractivity contribution in [1.82, 2.24) is 10.2 Å². The summed E-state index contributed by atoms with van der Waals surface area (Å²) in [7, 11) is 0. The van der Waals surface area contributed by atoms with Crippen LogP contribution >= 0.6 is 0 Å². The maximum Gasteiger partial charge on any atom is 0.416 e. The van der Waals surface area contributed by atoms with Crippen LogP contribution in [0.15, 0.2) is 18.2 Å². The number of esters is 1. The fraction of sp³-hybridized carbons (Fsp3) is 0.667. The van der Waals surface area contributed by atoms with Gasteiger partial charge in [0.25, 0.3) is 0 Å². The molecular weight excluding hydrogens is 453 g/mol. The van der Waals surface area contributed by atoms with Crippen molar-refractivity contribution in [1.29, 1.82) is 0 Å². The number of carbonyl (C=O) groups excluding carboxylic acids is 2. The SMILES string of the molecule is CC(=O)O[C@@H](C)[C@]1(C(=O)N2COc3ccc(C(F)(F)F)cc3C2)CC[C@@H](NC2CCOCC2)C1. The lowest BCUT2D eigenvalue weighted by Gasteiger charge is -2.40. The normalized spacial score (nSPS) is 26.5. The van der Waals surface area contributed by atoms with Crippen LogP contribution < -0.4 is 10.1 Å². The number of hydrogen-bond acceptors (Lipinski definition) is 6. The van der Waals surface area contributed by atoms with E-state index >= 15 is 0 Å². The molecule has 2 aliphatic heterocycles. The lowest BCUT2D eigenvalue weighted by atomic mass is 9.78. The summed E-state index contributed by atoms with van der Waals surface area (Å²) in [6.07, 6.45) is -1.65. The first-order valence-electron chi connectivity index (χ1n) is 11.7. The maximum absolute atomic E-state index is 13.9. The van der Waals surface area contributed by atoms with Crippen molar-refractivity contribution >= 4 is 11.9 Å². The molecule has 0 bridgehead atoms. The summed E-state index contributed by atoms with van der Waals surface area (Å²) in [6, 6.07) is 3.67. The smallest absolute Gasteiger partial charge is 0.416 e. The Kier molecular flexibility index (Phi) is 7.09. The average molecular weight is 485 g/mol. The number of alkyl halides is 3. The molecule has 1 saturated heterocycles. The van der Waals surface area contributed by atoms with E-state index in [1.165, 1.54) is 17.9 Å². The number of nitrogens with one attached hydrogen (secondary N) is 1. The molecule has 1 aromatic rings. The number of amides is 1. The van der Waals surface area contributed by atoms with Crippen LogP contribution in [0.25, 0.3) is 0 Å². The van der Waals surface area contributed by atoms with Crippen LogP contribution in [-0.4, -0.2) is 54.9 Å². The summed E-state index contributed by atoms with van der Waals surface area (Å²) >= 11 is 0. The first kappa shape index (κ1) is 24.8. The molecular formula is C24H31F3N2O5. The Hall–Kier alpha value is -2.33. The van der Waals surface area contributed by atoms with Gasteiger partial charge >= 0.3 is 12.1 Å². The minimum Gasteiger partial charge on any atom is -0.473 e. The Morgan fingerprint density at radius 2 is 1.94 bits per heavy atom. The van der Waals surface area contributed by atoms with Crippen LogP contribution in [-0.2, 0) is 31.8 Å². The fourth-order valence-electron chi connectivity index (χ4n) is 5.38. The van der Waals surface area contributed by atoms with Gasteiger partial charge < -0.3 is 24.4 Å². The van der Waals surface area contributed by atoms with Crippen molar-refractivity contribution in [2.45, 2.75) is 76.9 Å². The zero-order chi connectivity index (χ0) is 24.5. The second-order valence-electron chi connectivity index (χ2n) is 9.50. The highest BCUT2D eigenvalue weighted by Crippen LogP contribution is 2.45. The van der Waals surface area contributed by atoms with E-state index in [1.807, 2.05) is 0 Å². The van der Waals surface area contributed by atoms with Crippen molar-refractivity contribution in [3.63, 3.8) is 0 Å². The van der Waals surface area contributed by atoms with Gasteiger partial charge in [0.1, 0.15) is 11.9 Å². The minimum absolute atomic E-state index is 0.00465. The van der Waals surface area contributed by atoms with E-state index in [2.05, 4.69) is 5.32 Å². The van der Waals surface area contributed by atoms with Gasteiger partial charge in [0, 0.05) is 37.8 Å². The number of rotatable bonds is 5. The van der Waals surface area contributed by atoms with Crippen molar-refractivity contribution in [2.75, 3.05) is 19.9 Å². The minimum atomic E-state index is -4.49. The Morgan fingerprint density at radius 1 is 1.21 bits per heavy atom. The molecule has 1 saturated carbocycles.